The molecule has 0 bridgehead atoms. The summed E-state index contributed by atoms with van der Waals surface area (Å²) in [7, 11) is 0. The lowest BCUT2D eigenvalue weighted by Gasteiger charge is -2.37. The molecule has 2 fully saturated rings. The lowest BCUT2D eigenvalue weighted by atomic mass is 10.0. The van der Waals surface area contributed by atoms with Crippen LogP contribution in [0.2, 0.25) is 10.0 Å². The smallest absolute Gasteiger partial charge is 0.321 e. The van der Waals surface area contributed by atoms with Crippen LogP contribution in [-0.4, -0.2) is 43.0 Å². The highest BCUT2D eigenvalue weighted by atomic mass is 35.5. The second-order valence-electron chi connectivity index (χ2n) is 5.13. The minimum atomic E-state index is -0.482. The number of carbonyl (C=O) groups is 1. The van der Waals surface area contributed by atoms with E-state index in [4.69, 9.17) is 32.7 Å². The highest BCUT2D eigenvalue weighted by molar-refractivity contribution is 6.43. The number of hydrogen-bond acceptors (Lipinski definition) is 3. The average molecular weight is 331 g/mol. The van der Waals surface area contributed by atoms with Gasteiger partial charge in [0.05, 0.1) is 28.9 Å². The fourth-order valence-corrected chi connectivity index (χ4v) is 2.98. The number of likely N-dealkylation sites (tertiary alicyclic amines) is 1. The van der Waals surface area contributed by atoms with E-state index in [1.165, 1.54) is 0 Å². The lowest BCUT2D eigenvalue weighted by molar-refractivity contribution is -0.181. The number of benzene rings is 1. The van der Waals surface area contributed by atoms with Crippen LogP contribution in [-0.2, 0) is 9.47 Å². The zero-order valence-corrected chi connectivity index (χ0v) is 12.9. The van der Waals surface area contributed by atoms with Crippen LogP contribution in [0.3, 0.4) is 0 Å². The average Bonchev–Trinajstić information content (AvgIpc) is 2.93. The molecule has 0 unspecified atom stereocenters. The summed E-state index contributed by atoms with van der Waals surface area (Å²) in [5.74, 6) is -0.482. The van der Waals surface area contributed by atoms with Crippen molar-refractivity contribution in [1.29, 1.82) is 0 Å². The number of ether oxygens (including phenoxy) is 2. The van der Waals surface area contributed by atoms with E-state index in [1.807, 2.05) is 0 Å². The predicted molar refractivity (Wildman–Crippen MR) is 80.9 cm³/mol. The van der Waals surface area contributed by atoms with E-state index in [-0.39, 0.29) is 6.03 Å². The second-order valence-corrected chi connectivity index (χ2v) is 5.91. The Morgan fingerprint density at radius 2 is 1.86 bits per heavy atom. The standard InChI is InChI=1S/C14H16Cl2N2O3/c15-10-2-1-3-11(12(10)16)17-13(19)18-6-4-14(5-7-18)20-8-9-21-14/h1-3H,4-9H2,(H,17,19). The Balaban J connectivity index is 1.60. The summed E-state index contributed by atoms with van der Waals surface area (Å²) < 4.78 is 11.3. The molecule has 1 aromatic rings. The lowest BCUT2D eigenvalue weighted by Crippen LogP contribution is -2.48. The van der Waals surface area contributed by atoms with Crippen LogP contribution in [0, 0.1) is 0 Å². The number of carbonyl (C=O) groups excluding carboxylic acids is 1. The molecule has 2 saturated heterocycles. The van der Waals surface area contributed by atoms with Gasteiger partial charge >= 0.3 is 6.03 Å². The van der Waals surface area contributed by atoms with E-state index in [0.717, 1.165) is 0 Å². The van der Waals surface area contributed by atoms with Gasteiger partial charge in [-0.25, -0.2) is 4.79 Å². The van der Waals surface area contributed by atoms with Gasteiger partial charge in [0.15, 0.2) is 5.79 Å². The van der Waals surface area contributed by atoms with Crippen molar-refractivity contribution in [2.24, 2.45) is 0 Å². The highest BCUT2D eigenvalue weighted by Gasteiger charge is 2.40. The second kappa shape index (κ2) is 6.01. The molecule has 7 heteroatoms. The largest absolute Gasteiger partial charge is 0.347 e. The summed E-state index contributed by atoms with van der Waals surface area (Å²) >= 11 is 12.0. The van der Waals surface area contributed by atoms with Crippen LogP contribution >= 0.6 is 23.2 Å². The summed E-state index contributed by atoms with van der Waals surface area (Å²) in [5.41, 5.74) is 0.516. The van der Waals surface area contributed by atoms with Crippen LogP contribution in [0.4, 0.5) is 10.5 Å². The molecule has 21 heavy (non-hydrogen) atoms. The van der Waals surface area contributed by atoms with E-state index in [1.54, 1.807) is 23.1 Å². The van der Waals surface area contributed by atoms with E-state index in [9.17, 15) is 4.79 Å². The van der Waals surface area contributed by atoms with Crippen LogP contribution in [0.1, 0.15) is 12.8 Å². The van der Waals surface area contributed by atoms with E-state index < -0.39 is 5.79 Å². The van der Waals surface area contributed by atoms with Crippen molar-refractivity contribution in [2.75, 3.05) is 31.6 Å². The van der Waals surface area contributed by atoms with Gasteiger partial charge in [0.25, 0.3) is 0 Å². The summed E-state index contributed by atoms with van der Waals surface area (Å²) in [5, 5.41) is 3.56. The molecule has 1 aromatic carbocycles. The first-order valence-electron chi connectivity index (χ1n) is 6.87. The van der Waals surface area contributed by atoms with Gasteiger partial charge in [-0.15, -0.1) is 0 Å². The molecule has 114 valence electrons. The fourth-order valence-electron chi connectivity index (χ4n) is 2.63. The zero-order chi connectivity index (χ0) is 14.9. The van der Waals surface area contributed by atoms with Gasteiger partial charge in [-0.05, 0) is 12.1 Å². The first-order valence-corrected chi connectivity index (χ1v) is 7.63. The molecule has 0 radical (unpaired) electrons. The molecular formula is C14H16Cl2N2O3. The maximum atomic E-state index is 12.3. The Kier molecular flexibility index (Phi) is 4.26. The van der Waals surface area contributed by atoms with Crippen molar-refractivity contribution >= 4 is 34.9 Å². The van der Waals surface area contributed by atoms with Crippen molar-refractivity contribution in [3.8, 4) is 0 Å². The molecular weight excluding hydrogens is 315 g/mol. The van der Waals surface area contributed by atoms with Gasteiger partial charge < -0.3 is 19.7 Å². The number of nitrogens with one attached hydrogen (secondary N) is 1. The molecule has 2 aliphatic heterocycles. The van der Waals surface area contributed by atoms with E-state index in [0.29, 0.717) is 54.9 Å². The molecule has 2 heterocycles. The Hall–Kier alpha value is -1.01. The quantitative estimate of drug-likeness (QED) is 0.858. The van der Waals surface area contributed by atoms with Gasteiger partial charge in [0.1, 0.15) is 0 Å². The van der Waals surface area contributed by atoms with Crippen molar-refractivity contribution in [2.45, 2.75) is 18.6 Å². The minimum Gasteiger partial charge on any atom is -0.347 e. The minimum absolute atomic E-state index is 0.188. The third-order valence-electron chi connectivity index (χ3n) is 3.82. The number of anilines is 1. The van der Waals surface area contributed by atoms with Gasteiger partial charge in [-0.2, -0.15) is 0 Å². The number of halogens is 2. The molecule has 2 aliphatic rings. The van der Waals surface area contributed by atoms with Crippen molar-refractivity contribution in [3.05, 3.63) is 28.2 Å². The number of hydrogen-bond donors (Lipinski definition) is 1. The first kappa shape index (κ1) is 14.9. The van der Waals surface area contributed by atoms with Crippen molar-refractivity contribution in [1.82, 2.24) is 4.90 Å². The number of urea groups is 1. The fraction of sp³-hybridized carbons (Fsp3) is 0.500. The summed E-state index contributed by atoms with van der Waals surface area (Å²) in [4.78, 5) is 14.0. The van der Waals surface area contributed by atoms with Crippen LogP contribution in [0.25, 0.3) is 0 Å². The van der Waals surface area contributed by atoms with Crippen LogP contribution < -0.4 is 5.32 Å². The molecule has 2 amide bonds. The maximum absolute atomic E-state index is 12.3. The topological polar surface area (TPSA) is 50.8 Å². The molecule has 0 saturated carbocycles. The van der Waals surface area contributed by atoms with Crippen LogP contribution in [0.15, 0.2) is 18.2 Å². The van der Waals surface area contributed by atoms with Crippen molar-refractivity contribution < 1.29 is 14.3 Å². The third kappa shape index (κ3) is 3.11. The Morgan fingerprint density at radius 1 is 1.19 bits per heavy atom. The normalized spacial score (nSPS) is 20.8. The molecule has 5 nitrogen and oxygen atoms in total. The van der Waals surface area contributed by atoms with Crippen molar-refractivity contribution in [3.63, 3.8) is 0 Å². The number of amides is 2. The Bertz CT molecular complexity index is 537. The SMILES string of the molecule is O=C(Nc1cccc(Cl)c1Cl)N1CCC2(CC1)OCCO2. The number of rotatable bonds is 1. The molecule has 1 spiro atoms. The summed E-state index contributed by atoms with van der Waals surface area (Å²) in [6.45, 7) is 2.43. The Morgan fingerprint density at radius 3 is 2.52 bits per heavy atom. The molecule has 0 atom stereocenters. The zero-order valence-electron chi connectivity index (χ0n) is 11.4. The number of nitrogens with zero attached hydrogens (tertiary/aromatic N) is 1. The maximum Gasteiger partial charge on any atom is 0.321 e. The Labute approximate surface area is 133 Å². The summed E-state index contributed by atoms with van der Waals surface area (Å²) in [6, 6.07) is 4.96. The van der Waals surface area contributed by atoms with Gasteiger partial charge in [0.2, 0.25) is 0 Å². The predicted octanol–water partition coefficient (Wildman–Crippen LogP) is 3.36. The monoisotopic (exact) mass is 330 g/mol. The van der Waals surface area contributed by atoms with E-state index >= 15 is 0 Å². The highest BCUT2D eigenvalue weighted by Crippen LogP contribution is 2.32. The van der Waals surface area contributed by atoms with Gasteiger partial charge in [0, 0.05) is 25.9 Å². The molecule has 0 aromatic heterocycles. The molecule has 1 N–H and O–H groups in total. The summed E-state index contributed by atoms with van der Waals surface area (Å²) in [6.07, 6.45) is 1.37. The number of piperidine rings is 1. The third-order valence-corrected chi connectivity index (χ3v) is 4.64. The molecule has 0 aliphatic carbocycles. The van der Waals surface area contributed by atoms with Gasteiger partial charge in [-0.1, -0.05) is 29.3 Å². The van der Waals surface area contributed by atoms with E-state index in [2.05, 4.69) is 5.32 Å². The first-order chi connectivity index (χ1) is 10.1. The van der Waals surface area contributed by atoms with Gasteiger partial charge in [-0.3, -0.25) is 0 Å². The molecule has 3 rings (SSSR count). The van der Waals surface area contributed by atoms with Crippen LogP contribution in [0.5, 0.6) is 0 Å².